The molecule has 22 heavy (non-hydrogen) atoms. The van der Waals surface area contributed by atoms with E-state index in [9.17, 15) is 9.90 Å². The first-order valence-corrected chi connectivity index (χ1v) is 7.33. The first-order chi connectivity index (χ1) is 10.2. The second kappa shape index (κ2) is 6.94. The number of nitrogens with one attached hydrogen (secondary N) is 1. The molecule has 0 bridgehead atoms. The molecule has 0 aliphatic carbocycles. The van der Waals surface area contributed by atoms with Gasteiger partial charge in [0.2, 0.25) is 0 Å². The molecule has 0 amide bonds. The third-order valence-electron chi connectivity index (χ3n) is 3.62. The van der Waals surface area contributed by atoms with Crippen LogP contribution >= 0.6 is 11.6 Å². The maximum atomic E-state index is 12.4. The molecule has 2 heterocycles. The predicted octanol–water partition coefficient (Wildman–Crippen LogP) is 3.11. The second-order valence-corrected chi connectivity index (χ2v) is 5.50. The number of fused-ring (bicyclic) bond motifs is 1. The topological polar surface area (TPSA) is 67.2 Å². The van der Waals surface area contributed by atoms with Gasteiger partial charge in [-0.1, -0.05) is 25.1 Å². The summed E-state index contributed by atoms with van der Waals surface area (Å²) in [5.74, 6) is 1.19. The summed E-state index contributed by atoms with van der Waals surface area (Å²) in [7, 11) is 0. The van der Waals surface area contributed by atoms with Crippen LogP contribution in [0.15, 0.2) is 29.1 Å². The zero-order chi connectivity index (χ0) is 14.8. The van der Waals surface area contributed by atoms with Gasteiger partial charge in [-0.3, -0.25) is 9.36 Å². The molecule has 0 atom stereocenters. The lowest BCUT2D eigenvalue weighted by Gasteiger charge is -2.20. The Morgan fingerprint density at radius 1 is 1.36 bits per heavy atom. The van der Waals surface area contributed by atoms with Gasteiger partial charge in [0, 0.05) is 23.7 Å². The summed E-state index contributed by atoms with van der Waals surface area (Å²) in [6.45, 7) is 0.334. The summed E-state index contributed by atoms with van der Waals surface area (Å²) < 4.78 is 1.66. The molecule has 1 aliphatic heterocycles. The van der Waals surface area contributed by atoms with Crippen molar-refractivity contribution in [2.75, 3.05) is 5.32 Å². The minimum Gasteiger partial charge on any atom is -0.391 e. The molecule has 0 fully saturated rings. The number of halogens is 1. The van der Waals surface area contributed by atoms with Crippen LogP contribution in [0.5, 0.6) is 0 Å². The lowest BCUT2D eigenvalue weighted by atomic mass is 10.1. The minimum atomic E-state index is -0.338. The zero-order valence-electron chi connectivity index (χ0n) is 11.5. The number of aliphatic hydroxyl groups is 1. The molecule has 1 aliphatic rings. The largest absolute Gasteiger partial charge is 0.391 e. The Bertz CT molecular complexity index is 728. The van der Waals surface area contributed by atoms with E-state index in [-0.39, 0.29) is 19.6 Å². The van der Waals surface area contributed by atoms with Crippen LogP contribution in [0, 0.1) is 0 Å². The van der Waals surface area contributed by atoms with Crippen LogP contribution in [-0.4, -0.2) is 14.7 Å². The Morgan fingerprint density at radius 2 is 2.18 bits per heavy atom. The Labute approximate surface area is 134 Å². The van der Waals surface area contributed by atoms with Crippen molar-refractivity contribution in [2.24, 2.45) is 0 Å². The molecule has 2 aromatic rings. The molecule has 0 unspecified atom stereocenters. The van der Waals surface area contributed by atoms with E-state index in [2.05, 4.69) is 10.3 Å². The molecule has 0 spiro atoms. The van der Waals surface area contributed by atoms with E-state index in [0.717, 1.165) is 30.8 Å². The van der Waals surface area contributed by atoms with Gasteiger partial charge in [-0.15, -0.1) is 0 Å². The van der Waals surface area contributed by atoms with Crippen LogP contribution in [0.4, 0.5) is 11.5 Å². The average molecular weight is 322 g/mol. The first-order valence-electron chi connectivity index (χ1n) is 6.95. The Morgan fingerprint density at radius 3 is 2.91 bits per heavy atom. The molecular weight excluding hydrogens is 302 g/mol. The highest BCUT2D eigenvalue weighted by Crippen LogP contribution is 2.22. The molecule has 6 heteroatoms. The van der Waals surface area contributed by atoms with E-state index in [0.29, 0.717) is 22.9 Å². The molecule has 0 saturated carbocycles. The van der Waals surface area contributed by atoms with E-state index in [4.69, 9.17) is 11.6 Å². The molecule has 118 valence electrons. The van der Waals surface area contributed by atoms with E-state index in [1.165, 1.54) is 0 Å². The van der Waals surface area contributed by atoms with Crippen LogP contribution < -0.4 is 10.9 Å². The van der Waals surface area contributed by atoms with Crippen molar-refractivity contribution < 1.29 is 5.11 Å². The number of hydrogen-bond donors (Lipinski definition) is 2. The minimum absolute atomic E-state index is 0. The summed E-state index contributed by atoms with van der Waals surface area (Å²) >= 11 is 5.96. The van der Waals surface area contributed by atoms with E-state index >= 15 is 0 Å². The molecule has 0 radical (unpaired) electrons. The van der Waals surface area contributed by atoms with Gasteiger partial charge in [0.05, 0.1) is 12.2 Å². The van der Waals surface area contributed by atoms with E-state index in [1.54, 1.807) is 16.7 Å². The highest BCUT2D eigenvalue weighted by atomic mass is 35.5. The van der Waals surface area contributed by atoms with Gasteiger partial charge in [0.25, 0.3) is 5.56 Å². The SMILES string of the molecule is C.O=c1c(CO)c(Nc2cccc(Cl)c2)nc2n1CCCC2. The van der Waals surface area contributed by atoms with Crippen LogP contribution in [-0.2, 0) is 19.6 Å². The van der Waals surface area contributed by atoms with Crippen LogP contribution in [0.1, 0.15) is 31.7 Å². The number of aliphatic hydroxyl groups excluding tert-OH is 1. The maximum Gasteiger partial charge on any atom is 0.261 e. The molecule has 1 aromatic carbocycles. The monoisotopic (exact) mass is 321 g/mol. The van der Waals surface area contributed by atoms with Gasteiger partial charge in [-0.2, -0.15) is 0 Å². The number of rotatable bonds is 3. The maximum absolute atomic E-state index is 12.4. The zero-order valence-corrected chi connectivity index (χ0v) is 12.2. The molecule has 5 nitrogen and oxygen atoms in total. The van der Waals surface area contributed by atoms with E-state index in [1.807, 2.05) is 12.1 Å². The van der Waals surface area contributed by atoms with Crippen LogP contribution in [0.2, 0.25) is 5.02 Å². The Hall–Kier alpha value is -1.85. The molecule has 1 aromatic heterocycles. The van der Waals surface area contributed by atoms with Crippen molar-refractivity contribution in [1.29, 1.82) is 0 Å². The third kappa shape index (κ3) is 3.15. The van der Waals surface area contributed by atoms with Gasteiger partial charge in [0.15, 0.2) is 0 Å². The Kier molecular flexibility index (Phi) is 5.21. The van der Waals surface area contributed by atoms with Gasteiger partial charge in [-0.25, -0.2) is 4.98 Å². The normalized spacial score (nSPS) is 13.2. The van der Waals surface area contributed by atoms with Crippen molar-refractivity contribution in [2.45, 2.75) is 39.8 Å². The quantitative estimate of drug-likeness (QED) is 0.911. The van der Waals surface area contributed by atoms with Crippen molar-refractivity contribution >= 4 is 23.1 Å². The first kappa shape index (κ1) is 16.5. The number of hydrogen-bond acceptors (Lipinski definition) is 4. The van der Waals surface area contributed by atoms with Gasteiger partial charge >= 0.3 is 0 Å². The average Bonchev–Trinajstić information content (AvgIpc) is 2.48. The van der Waals surface area contributed by atoms with Crippen molar-refractivity contribution in [1.82, 2.24) is 9.55 Å². The highest BCUT2D eigenvalue weighted by molar-refractivity contribution is 6.30. The summed E-state index contributed by atoms with van der Waals surface area (Å²) in [5.41, 5.74) is 0.872. The fraction of sp³-hybridized carbons (Fsp3) is 0.375. The van der Waals surface area contributed by atoms with Crippen LogP contribution in [0.3, 0.4) is 0 Å². The number of benzene rings is 1. The predicted molar refractivity (Wildman–Crippen MR) is 88.8 cm³/mol. The lowest BCUT2D eigenvalue weighted by Crippen LogP contribution is -2.31. The van der Waals surface area contributed by atoms with Crippen LogP contribution in [0.25, 0.3) is 0 Å². The highest BCUT2D eigenvalue weighted by Gasteiger charge is 2.18. The lowest BCUT2D eigenvalue weighted by molar-refractivity contribution is 0.278. The van der Waals surface area contributed by atoms with E-state index < -0.39 is 0 Å². The number of aryl methyl sites for hydroxylation is 1. The molecule has 2 N–H and O–H groups in total. The van der Waals surface area contributed by atoms with Gasteiger partial charge in [0.1, 0.15) is 11.6 Å². The van der Waals surface area contributed by atoms with Crippen molar-refractivity contribution in [3.63, 3.8) is 0 Å². The standard InChI is InChI=1S/C15H16ClN3O2.CH4/c16-10-4-3-5-11(8-10)17-14-12(9-20)15(21)19-7-2-1-6-13(19)18-14;/h3-5,8,17,20H,1-2,6-7,9H2;1H4. The molecule has 3 rings (SSSR count). The van der Waals surface area contributed by atoms with Crippen molar-refractivity contribution in [3.8, 4) is 0 Å². The molecular formula is C16H20ClN3O2. The number of anilines is 2. The third-order valence-corrected chi connectivity index (χ3v) is 3.85. The van der Waals surface area contributed by atoms with Crippen molar-refractivity contribution in [3.05, 3.63) is 51.0 Å². The fourth-order valence-electron chi connectivity index (χ4n) is 2.56. The molecule has 0 saturated heterocycles. The Balaban J connectivity index is 0.00000176. The van der Waals surface area contributed by atoms with Gasteiger partial charge < -0.3 is 10.4 Å². The smallest absolute Gasteiger partial charge is 0.261 e. The van der Waals surface area contributed by atoms with Gasteiger partial charge in [-0.05, 0) is 31.0 Å². The summed E-state index contributed by atoms with van der Waals surface area (Å²) in [4.78, 5) is 16.9. The number of nitrogens with zero attached hydrogens (tertiary/aromatic N) is 2. The summed E-state index contributed by atoms with van der Waals surface area (Å²) in [6.07, 6.45) is 2.78. The number of aromatic nitrogens is 2. The second-order valence-electron chi connectivity index (χ2n) is 5.06. The summed E-state index contributed by atoms with van der Waals surface area (Å²) in [5, 5.41) is 13.2. The fourth-order valence-corrected chi connectivity index (χ4v) is 2.75. The summed E-state index contributed by atoms with van der Waals surface area (Å²) in [6, 6.07) is 7.18.